The third kappa shape index (κ3) is 18.8. The molecule has 7 atom stereocenters. The van der Waals surface area contributed by atoms with E-state index in [2.05, 4.69) is 6.92 Å². The molecule has 0 aliphatic carbocycles. The van der Waals surface area contributed by atoms with Gasteiger partial charge in [-0.1, -0.05) is 77.6 Å². The van der Waals surface area contributed by atoms with Gasteiger partial charge < -0.3 is 29.5 Å². The molecule has 2 rings (SSSR count). The van der Waals surface area contributed by atoms with Crippen molar-refractivity contribution >= 4 is 17.7 Å². The predicted molar refractivity (Wildman–Crippen MR) is 187 cm³/mol. The summed E-state index contributed by atoms with van der Waals surface area (Å²) in [4.78, 5) is 35.8. The van der Waals surface area contributed by atoms with Gasteiger partial charge in [-0.2, -0.15) is 0 Å². The maximum Gasteiger partial charge on any atom is 0.334 e. The second-order valence-electron chi connectivity index (χ2n) is 14.4. The molecule has 0 aromatic rings. The van der Waals surface area contributed by atoms with Crippen LogP contribution in [0.5, 0.6) is 0 Å². The number of hydrogen-bond acceptors (Lipinski definition) is 9. The molecule has 48 heavy (non-hydrogen) atoms. The van der Waals surface area contributed by atoms with Crippen LogP contribution in [-0.4, -0.2) is 75.8 Å². The minimum atomic E-state index is -0.784. The molecule has 1 fully saturated rings. The molecular weight excluding hydrogens is 612 g/mol. The lowest BCUT2D eigenvalue weighted by Gasteiger charge is -2.25. The van der Waals surface area contributed by atoms with E-state index < -0.39 is 30.4 Å². The number of hydrogen-bond donors (Lipinski definition) is 3. The number of aliphatic hydroxyl groups is 3. The number of ether oxygens (including phenoxy) is 3. The van der Waals surface area contributed by atoms with Crippen LogP contribution in [0.3, 0.4) is 0 Å². The Balaban J connectivity index is 1.55. The zero-order valence-corrected chi connectivity index (χ0v) is 30.4. The Bertz CT molecular complexity index is 934. The fraction of sp³-hybridized carbons (Fsp3) is 0.872. The van der Waals surface area contributed by atoms with Crippen LogP contribution in [0.1, 0.15) is 175 Å². The van der Waals surface area contributed by atoms with Crippen LogP contribution in [0, 0.1) is 0 Å². The van der Waals surface area contributed by atoms with Gasteiger partial charge in [0.25, 0.3) is 0 Å². The fourth-order valence-electron chi connectivity index (χ4n) is 6.97. The van der Waals surface area contributed by atoms with Gasteiger partial charge in [0.2, 0.25) is 0 Å². The van der Waals surface area contributed by atoms with Crippen LogP contribution in [0.4, 0.5) is 0 Å². The molecule has 1 saturated heterocycles. The van der Waals surface area contributed by atoms with Crippen LogP contribution in [0.2, 0.25) is 0 Å². The highest BCUT2D eigenvalue weighted by Gasteiger charge is 2.35. The number of carbonyl (C=O) groups excluding carboxylic acids is 3. The number of ketones is 1. The Hall–Kier alpha value is -1.81. The van der Waals surface area contributed by atoms with Gasteiger partial charge in [-0.05, 0) is 77.2 Å². The van der Waals surface area contributed by atoms with E-state index in [1.807, 2.05) is 6.92 Å². The van der Waals surface area contributed by atoms with Crippen LogP contribution in [0.25, 0.3) is 0 Å². The summed E-state index contributed by atoms with van der Waals surface area (Å²) < 4.78 is 16.7. The molecule has 9 heteroatoms. The Morgan fingerprint density at radius 3 is 1.94 bits per heavy atom. The summed E-state index contributed by atoms with van der Waals surface area (Å²) in [5, 5.41) is 31.8. The van der Waals surface area contributed by atoms with Gasteiger partial charge in [-0.3, -0.25) is 9.59 Å². The van der Waals surface area contributed by atoms with Crippen molar-refractivity contribution in [2.24, 2.45) is 0 Å². The van der Waals surface area contributed by atoms with Crippen LogP contribution in [-0.2, 0) is 28.6 Å². The second kappa shape index (κ2) is 25.2. The lowest BCUT2D eigenvalue weighted by atomic mass is 9.98. The molecule has 0 radical (unpaired) electrons. The van der Waals surface area contributed by atoms with Crippen molar-refractivity contribution in [1.29, 1.82) is 0 Å². The monoisotopic (exact) mass is 680 g/mol. The third-order valence-electron chi connectivity index (χ3n) is 9.85. The molecule has 3 N–H and O–H groups in total. The van der Waals surface area contributed by atoms with Crippen molar-refractivity contribution < 1.29 is 43.9 Å². The Morgan fingerprint density at radius 2 is 1.35 bits per heavy atom. The molecule has 1 unspecified atom stereocenters. The van der Waals surface area contributed by atoms with Crippen molar-refractivity contribution in [2.45, 2.75) is 218 Å². The summed E-state index contributed by atoms with van der Waals surface area (Å²) in [7, 11) is 0. The number of esters is 2. The number of rotatable bonds is 29. The molecule has 0 saturated carbocycles. The van der Waals surface area contributed by atoms with E-state index in [1.54, 1.807) is 6.08 Å². The average molecular weight is 681 g/mol. The van der Waals surface area contributed by atoms with Gasteiger partial charge in [-0.25, -0.2) is 4.79 Å². The lowest BCUT2D eigenvalue weighted by Crippen LogP contribution is -2.34. The molecular formula is C39H68O9. The molecule has 0 bridgehead atoms. The van der Waals surface area contributed by atoms with E-state index in [-0.39, 0.29) is 36.5 Å². The fourth-order valence-corrected chi connectivity index (χ4v) is 6.97. The number of cyclic esters (lactones) is 1. The van der Waals surface area contributed by atoms with Gasteiger partial charge in [0.1, 0.15) is 18.0 Å². The van der Waals surface area contributed by atoms with Crippen LogP contribution in [0.15, 0.2) is 11.6 Å². The topological polar surface area (TPSA) is 140 Å². The SMILES string of the molecule is CCCCCCCCCCCC[C@@H](O)[C@H]1CC[C@H]([C@H](O)CC(CCCCC(=O)CCCC[C@@H](O)CCC2=C[C@H](C)OC2=O)OC(C)=O)O1. The first-order valence-electron chi connectivity index (χ1n) is 19.4. The summed E-state index contributed by atoms with van der Waals surface area (Å²) >= 11 is 0. The number of Topliss-reactive ketones (excluding diaryl/α,β-unsaturated/α-hetero) is 1. The highest BCUT2D eigenvalue weighted by molar-refractivity contribution is 5.90. The molecule has 0 spiro atoms. The minimum Gasteiger partial charge on any atom is -0.462 e. The van der Waals surface area contributed by atoms with Gasteiger partial charge in [0.05, 0.1) is 30.5 Å². The van der Waals surface area contributed by atoms with Gasteiger partial charge in [0.15, 0.2) is 0 Å². The Kier molecular flexibility index (Phi) is 22.2. The van der Waals surface area contributed by atoms with Crippen molar-refractivity contribution in [3.63, 3.8) is 0 Å². The molecule has 0 aromatic carbocycles. The Labute approximate surface area is 290 Å². The molecule has 9 nitrogen and oxygen atoms in total. The van der Waals surface area contributed by atoms with E-state index in [0.717, 1.165) is 32.1 Å². The molecule has 0 amide bonds. The molecule has 2 heterocycles. The highest BCUT2D eigenvalue weighted by atomic mass is 16.6. The predicted octanol–water partition coefficient (Wildman–Crippen LogP) is 7.59. The number of unbranched alkanes of at least 4 members (excludes halogenated alkanes) is 11. The van der Waals surface area contributed by atoms with Crippen molar-refractivity contribution in [3.05, 3.63) is 11.6 Å². The van der Waals surface area contributed by atoms with Crippen molar-refractivity contribution in [1.82, 2.24) is 0 Å². The van der Waals surface area contributed by atoms with E-state index in [9.17, 15) is 29.7 Å². The van der Waals surface area contributed by atoms with E-state index in [1.165, 1.54) is 58.3 Å². The highest BCUT2D eigenvalue weighted by Crippen LogP contribution is 2.29. The summed E-state index contributed by atoms with van der Waals surface area (Å²) in [5.41, 5.74) is 0.632. The van der Waals surface area contributed by atoms with E-state index >= 15 is 0 Å². The molecule has 2 aliphatic rings. The second-order valence-corrected chi connectivity index (χ2v) is 14.4. The van der Waals surface area contributed by atoms with E-state index in [4.69, 9.17) is 14.2 Å². The molecule has 278 valence electrons. The maximum atomic E-state index is 12.4. The normalized spacial score (nSPS) is 21.8. The maximum absolute atomic E-state index is 12.4. The number of aliphatic hydroxyl groups excluding tert-OH is 3. The minimum absolute atomic E-state index is 0.183. The van der Waals surface area contributed by atoms with Gasteiger partial charge in [-0.15, -0.1) is 0 Å². The number of carbonyl (C=O) groups is 3. The zero-order valence-electron chi connectivity index (χ0n) is 30.4. The van der Waals surface area contributed by atoms with E-state index in [0.29, 0.717) is 69.8 Å². The van der Waals surface area contributed by atoms with Crippen molar-refractivity contribution in [3.8, 4) is 0 Å². The first kappa shape index (κ1) is 42.4. The average Bonchev–Trinajstić information content (AvgIpc) is 3.67. The van der Waals surface area contributed by atoms with Crippen molar-refractivity contribution in [2.75, 3.05) is 0 Å². The van der Waals surface area contributed by atoms with Crippen LogP contribution < -0.4 is 0 Å². The van der Waals surface area contributed by atoms with Gasteiger partial charge >= 0.3 is 11.9 Å². The smallest absolute Gasteiger partial charge is 0.334 e. The largest absolute Gasteiger partial charge is 0.462 e. The zero-order chi connectivity index (χ0) is 35.1. The quantitative estimate of drug-likeness (QED) is 0.0538. The molecule has 0 aromatic heterocycles. The summed E-state index contributed by atoms with van der Waals surface area (Å²) in [6.45, 7) is 5.42. The lowest BCUT2D eigenvalue weighted by molar-refractivity contribution is -0.150. The summed E-state index contributed by atoms with van der Waals surface area (Å²) in [6, 6.07) is 0. The standard InChI is InChI=1S/C39H68O9/c1-4-5-6-7-8-9-10-11-12-13-22-35(43)37-25-26-38(48-37)36(44)28-34(47-30(3)40)21-17-16-19-32(41)18-14-15-20-33(42)24-23-31-27-29(2)46-39(31)45/h27,29,33-38,42-44H,4-26,28H2,1-3H3/t29-,33+,34?,35+,36+,37+,38+/m0/s1. The first-order valence-corrected chi connectivity index (χ1v) is 19.4. The summed E-state index contributed by atoms with van der Waals surface area (Å²) in [5.74, 6) is -0.502. The molecule has 2 aliphatic heterocycles. The van der Waals surface area contributed by atoms with Gasteiger partial charge in [0, 0.05) is 31.8 Å². The third-order valence-corrected chi connectivity index (χ3v) is 9.85. The Morgan fingerprint density at radius 1 is 0.792 bits per heavy atom. The summed E-state index contributed by atoms with van der Waals surface area (Å²) in [6.07, 6.45) is 19.6. The first-order chi connectivity index (χ1) is 23.1. The van der Waals surface area contributed by atoms with Crippen LogP contribution >= 0.6 is 0 Å².